The second-order valence-corrected chi connectivity index (χ2v) is 12.1. The summed E-state index contributed by atoms with van der Waals surface area (Å²) in [6, 6.07) is 7.05. The monoisotopic (exact) mass is 655 g/mol. The second kappa shape index (κ2) is 12.4. The number of fused-ring (bicyclic) bond motifs is 1. The number of carbonyl (C=O) groups is 3. The van der Waals surface area contributed by atoms with E-state index in [1.807, 2.05) is 0 Å². The molecule has 13 nitrogen and oxygen atoms in total. The molecule has 0 unspecified atom stereocenters. The smallest absolute Gasteiger partial charge is 0.414 e. The van der Waals surface area contributed by atoms with Crippen LogP contribution in [0.5, 0.6) is 0 Å². The van der Waals surface area contributed by atoms with Crippen molar-refractivity contribution < 1.29 is 32.6 Å². The van der Waals surface area contributed by atoms with Gasteiger partial charge in [0.05, 0.1) is 22.6 Å². The van der Waals surface area contributed by atoms with E-state index in [1.165, 1.54) is 28.7 Å². The molecule has 0 bridgehead atoms. The lowest BCUT2D eigenvalue weighted by atomic mass is 10.0. The fourth-order valence-electron chi connectivity index (χ4n) is 5.04. The van der Waals surface area contributed by atoms with E-state index in [4.69, 9.17) is 21.1 Å². The Morgan fingerprint density at radius 2 is 1.85 bits per heavy atom. The zero-order valence-corrected chi connectivity index (χ0v) is 26.1. The zero-order valence-electron chi connectivity index (χ0n) is 25.3. The molecule has 0 N–H and O–H groups in total. The first kappa shape index (κ1) is 32.3. The molecule has 16 heteroatoms. The number of Topliss-reactive ketones (excluding diaryl/α,β-unsaturated/α-hetero) is 1. The summed E-state index contributed by atoms with van der Waals surface area (Å²) in [7, 11) is 1.19. The minimum absolute atomic E-state index is 0.226. The summed E-state index contributed by atoms with van der Waals surface area (Å²) in [4.78, 5) is 57.0. The maximum Gasteiger partial charge on any atom is 0.414 e. The first-order valence-electron chi connectivity index (χ1n) is 14.0. The predicted octanol–water partition coefficient (Wildman–Crippen LogP) is 4.35. The summed E-state index contributed by atoms with van der Waals surface area (Å²) in [6.07, 6.45) is 0.672. The average Bonchev–Trinajstić information content (AvgIpc) is 3.64. The van der Waals surface area contributed by atoms with Gasteiger partial charge in [0.2, 0.25) is 5.78 Å². The summed E-state index contributed by atoms with van der Waals surface area (Å²) in [5.41, 5.74) is -1.31. The fraction of sp³-hybridized carbons (Fsp3) is 0.333. The van der Waals surface area contributed by atoms with E-state index >= 15 is 0 Å². The standard InChI is InChI=1S/C30H28ClF2N7O6/c1-15-10-23-35-19(18-11-16(31)6-8-20(18)39-14-34-36-37-39)12-24(42)40(23)27(15)28(43)45-13-22(41)17-7-9-21(26(33)25(17)32)38(5)29(44)46-30(2,3)4/h6-9,11-12,14-15,27H,10,13H2,1-5H3/t15-,27-/m0/s1. The van der Waals surface area contributed by atoms with Gasteiger partial charge in [-0.25, -0.2) is 23.4 Å². The Balaban J connectivity index is 1.34. The van der Waals surface area contributed by atoms with Gasteiger partial charge in [-0.05, 0) is 67.4 Å². The Morgan fingerprint density at radius 3 is 2.52 bits per heavy atom. The van der Waals surface area contributed by atoms with Gasteiger partial charge >= 0.3 is 12.1 Å². The lowest BCUT2D eigenvalue weighted by Crippen LogP contribution is -2.35. The molecule has 4 aromatic rings. The minimum atomic E-state index is -1.52. The Hall–Kier alpha value is -5.05. The van der Waals surface area contributed by atoms with Crippen LogP contribution in [0.3, 0.4) is 0 Å². The van der Waals surface area contributed by atoms with Crippen LogP contribution in [0.1, 0.15) is 49.9 Å². The van der Waals surface area contributed by atoms with E-state index in [0.29, 0.717) is 22.1 Å². The third kappa shape index (κ3) is 6.36. The van der Waals surface area contributed by atoms with Crippen molar-refractivity contribution in [3.63, 3.8) is 0 Å². The highest BCUT2D eigenvalue weighted by Gasteiger charge is 2.38. The molecular formula is C30H28ClF2N7O6. The molecule has 2 aromatic heterocycles. The highest BCUT2D eigenvalue weighted by molar-refractivity contribution is 6.31. The van der Waals surface area contributed by atoms with E-state index in [0.717, 1.165) is 17.0 Å². The Bertz CT molecular complexity index is 1910. The first-order valence-corrected chi connectivity index (χ1v) is 14.3. The largest absolute Gasteiger partial charge is 0.456 e. The number of tetrazole rings is 1. The van der Waals surface area contributed by atoms with Crippen molar-refractivity contribution in [2.75, 3.05) is 18.6 Å². The number of carbonyl (C=O) groups excluding carboxylic acids is 3. The van der Waals surface area contributed by atoms with Crippen molar-refractivity contribution in [1.29, 1.82) is 0 Å². The van der Waals surface area contributed by atoms with Gasteiger partial charge in [-0.15, -0.1) is 5.10 Å². The number of aromatic nitrogens is 6. The summed E-state index contributed by atoms with van der Waals surface area (Å²) in [5, 5.41) is 11.5. The van der Waals surface area contributed by atoms with Gasteiger partial charge < -0.3 is 9.47 Å². The maximum absolute atomic E-state index is 14.9. The van der Waals surface area contributed by atoms with Crippen LogP contribution < -0.4 is 10.5 Å². The number of nitrogens with zero attached hydrogens (tertiary/aromatic N) is 7. The molecule has 0 fully saturated rings. The lowest BCUT2D eigenvalue weighted by Gasteiger charge is -2.25. The van der Waals surface area contributed by atoms with Gasteiger partial charge in [-0.2, -0.15) is 4.68 Å². The van der Waals surface area contributed by atoms with Crippen LogP contribution in [0, 0.1) is 17.6 Å². The van der Waals surface area contributed by atoms with Gasteiger partial charge in [-0.1, -0.05) is 18.5 Å². The summed E-state index contributed by atoms with van der Waals surface area (Å²) >= 11 is 6.23. The molecule has 0 radical (unpaired) electrons. The van der Waals surface area contributed by atoms with Crippen LogP contribution in [0.2, 0.25) is 5.02 Å². The van der Waals surface area contributed by atoms with Gasteiger partial charge in [-0.3, -0.25) is 19.1 Å². The molecule has 5 rings (SSSR count). The predicted molar refractivity (Wildman–Crippen MR) is 160 cm³/mol. The first-order chi connectivity index (χ1) is 21.7. The van der Waals surface area contributed by atoms with Gasteiger partial charge in [0, 0.05) is 30.1 Å². The van der Waals surface area contributed by atoms with Gasteiger partial charge in [0.15, 0.2) is 18.2 Å². The molecule has 0 aliphatic carbocycles. The van der Waals surface area contributed by atoms with Crippen molar-refractivity contribution in [2.24, 2.45) is 5.92 Å². The summed E-state index contributed by atoms with van der Waals surface area (Å²) in [6.45, 7) is 5.63. The number of halogens is 3. The molecule has 0 saturated carbocycles. The lowest BCUT2D eigenvalue weighted by molar-refractivity contribution is -0.147. The number of ether oxygens (including phenoxy) is 2. The molecule has 3 heterocycles. The molecule has 0 saturated heterocycles. The molecule has 1 aliphatic heterocycles. The second-order valence-electron chi connectivity index (χ2n) is 11.6. The molecule has 1 amide bonds. The van der Waals surface area contributed by atoms with E-state index in [-0.39, 0.29) is 12.1 Å². The average molecular weight is 656 g/mol. The minimum Gasteiger partial charge on any atom is -0.456 e. The van der Waals surface area contributed by atoms with Crippen LogP contribution in [-0.4, -0.2) is 66.9 Å². The van der Waals surface area contributed by atoms with Crippen LogP contribution in [0.4, 0.5) is 19.3 Å². The third-order valence-corrected chi connectivity index (χ3v) is 7.39. The van der Waals surface area contributed by atoms with E-state index in [9.17, 15) is 28.0 Å². The van der Waals surface area contributed by atoms with E-state index < -0.39 is 70.5 Å². The number of hydrogen-bond donors (Lipinski definition) is 0. The van der Waals surface area contributed by atoms with Gasteiger partial charge in [0.25, 0.3) is 5.56 Å². The third-order valence-electron chi connectivity index (χ3n) is 7.16. The number of ketones is 1. The fourth-order valence-corrected chi connectivity index (χ4v) is 5.21. The van der Waals surface area contributed by atoms with Crippen molar-refractivity contribution in [3.05, 3.63) is 81.1 Å². The van der Waals surface area contributed by atoms with E-state index in [2.05, 4.69) is 20.5 Å². The molecule has 46 heavy (non-hydrogen) atoms. The molecule has 0 spiro atoms. The van der Waals surface area contributed by atoms with Gasteiger partial charge in [0.1, 0.15) is 23.8 Å². The Kier molecular flexibility index (Phi) is 8.71. The van der Waals surface area contributed by atoms with Crippen LogP contribution in [0.15, 0.2) is 47.5 Å². The molecular weight excluding hydrogens is 628 g/mol. The normalized spacial score (nSPS) is 15.7. The molecule has 2 aromatic carbocycles. The number of benzene rings is 2. The van der Waals surface area contributed by atoms with E-state index in [1.54, 1.807) is 45.9 Å². The molecule has 1 aliphatic rings. The topological polar surface area (TPSA) is 151 Å². The zero-order chi connectivity index (χ0) is 33.5. The summed E-state index contributed by atoms with van der Waals surface area (Å²) in [5.74, 6) is -5.09. The number of amides is 1. The Morgan fingerprint density at radius 1 is 1.11 bits per heavy atom. The summed E-state index contributed by atoms with van der Waals surface area (Å²) < 4.78 is 42.8. The maximum atomic E-state index is 14.9. The quantitative estimate of drug-likeness (QED) is 0.208. The molecule has 2 atom stereocenters. The van der Waals surface area contributed by atoms with Crippen molar-refractivity contribution in [1.82, 2.24) is 29.8 Å². The Labute approximate surface area is 265 Å². The molecule has 240 valence electrons. The van der Waals surface area contributed by atoms with Crippen LogP contribution in [-0.2, 0) is 20.7 Å². The van der Waals surface area contributed by atoms with Crippen LogP contribution in [0.25, 0.3) is 16.9 Å². The van der Waals surface area contributed by atoms with Crippen LogP contribution >= 0.6 is 11.6 Å². The number of rotatable bonds is 7. The SMILES string of the molecule is C[C@H]1Cc2nc(-c3cc(Cl)ccc3-n3cnnn3)cc(=O)n2[C@@H]1C(=O)OCC(=O)c1ccc(N(C)C(=O)OC(C)(C)C)c(F)c1F. The van der Waals surface area contributed by atoms with Crippen molar-refractivity contribution >= 4 is 35.1 Å². The highest BCUT2D eigenvalue weighted by Crippen LogP contribution is 2.33. The van der Waals surface area contributed by atoms with Crippen molar-refractivity contribution in [2.45, 2.75) is 45.8 Å². The number of esters is 1. The number of hydrogen-bond acceptors (Lipinski definition) is 10. The van der Waals surface area contributed by atoms with Crippen molar-refractivity contribution in [3.8, 4) is 16.9 Å². The highest BCUT2D eigenvalue weighted by atomic mass is 35.5. The number of anilines is 1.